The molecule has 2 heterocycles. The van der Waals surface area contributed by atoms with Crippen molar-refractivity contribution < 1.29 is 14.5 Å². The highest BCUT2D eigenvalue weighted by Crippen LogP contribution is 2.48. The maximum atomic E-state index is 11.0. The Bertz CT molecular complexity index is 1580. The summed E-state index contributed by atoms with van der Waals surface area (Å²) in [5.74, 6) is -0.706. The summed E-state index contributed by atoms with van der Waals surface area (Å²) >= 11 is 0. The van der Waals surface area contributed by atoms with E-state index in [-0.39, 0.29) is 17.3 Å². The monoisotopic (exact) mass is 577 g/mol. The van der Waals surface area contributed by atoms with Crippen LogP contribution in [-0.4, -0.2) is 35.0 Å². The molecule has 4 nitrogen and oxygen atoms in total. The molecule has 0 saturated heterocycles. The van der Waals surface area contributed by atoms with Gasteiger partial charge in [0.15, 0.2) is 5.71 Å². The molecular weight excluding hydrogens is 528 g/mol. The Morgan fingerprint density at radius 2 is 1.63 bits per heavy atom. The first kappa shape index (κ1) is 30.8. The lowest BCUT2D eigenvalue weighted by atomic mass is 9.80. The SMILES string of the molecule is Cc1ccc2c(c1)C(C)(C)C(=CC=C1C=C(C=CC3=[N+](C)c4ccc(C)cc4C3(C)C)CCC1)N2CCCCCC(=O)O. The van der Waals surface area contributed by atoms with Gasteiger partial charge in [0, 0.05) is 47.5 Å². The van der Waals surface area contributed by atoms with Gasteiger partial charge in [0.1, 0.15) is 7.05 Å². The molecule has 2 aromatic rings. The summed E-state index contributed by atoms with van der Waals surface area (Å²) in [6.45, 7) is 14.6. The maximum Gasteiger partial charge on any atom is 0.303 e. The van der Waals surface area contributed by atoms with Crippen molar-refractivity contribution in [3.05, 3.63) is 106 Å². The van der Waals surface area contributed by atoms with Crippen molar-refractivity contribution in [2.45, 2.75) is 97.3 Å². The van der Waals surface area contributed by atoms with E-state index < -0.39 is 5.97 Å². The zero-order chi connectivity index (χ0) is 30.9. The predicted octanol–water partition coefficient (Wildman–Crippen LogP) is 9.23. The second-order valence-corrected chi connectivity index (χ2v) is 13.8. The minimum Gasteiger partial charge on any atom is -0.481 e. The summed E-state index contributed by atoms with van der Waals surface area (Å²) in [7, 11) is 2.19. The fourth-order valence-corrected chi connectivity index (χ4v) is 7.22. The molecule has 5 rings (SSSR count). The van der Waals surface area contributed by atoms with Crippen molar-refractivity contribution in [2.75, 3.05) is 18.5 Å². The summed E-state index contributed by atoms with van der Waals surface area (Å²) in [6.07, 6.45) is 18.0. The second-order valence-electron chi connectivity index (χ2n) is 13.8. The Morgan fingerprint density at radius 1 is 0.907 bits per heavy atom. The molecule has 0 saturated carbocycles. The molecule has 0 amide bonds. The number of hydrogen-bond donors (Lipinski definition) is 1. The molecule has 1 N–H and O–H groups in total. The molecule has 0 bridgehead atoms. The Kier molecular flexibility index (Phi) is 8.70. The number of carboxylic acids is 1. The fraction of sp³-hybridized carbons (Fsp3) is 0.436. The second kappa shape index (κ2) is 12.1. The third kappa shape index (κ3) is 6.20. The highest BCUT2D eigenvalue weighted by atomic mass is 16.4. The molecule has 0 fully saturated rings. The lowest BCUT2D eigenvalue weighted by Crippen LogP contribution is -2.27. The molecule has 2 aliphatic heterocycles. The van der Waals surface area contributed by atoms with Gasteiger partial charge in [-0.05, 0) is 94.7 Å². The molecule has 0 aromatic heterocycles. The number of anilines is 1. The minimum atomic E-state index is -0.706. The van der Waals surface area contributed by atoms with Gasteiger partial charge in [0.2, 0.25) is 5.69 Å². The van der Waals surface area contributed by atoms with E-state index >= 15 is 0 Å². The van der Waals surface area contributed by atoms with Gasteiger partial charge in [0.25, 0.3) is 0 Å². The lowest BCUT2D eigenvalue weighted by molar-refractivity contribution is -0.401. The van der Waals surface area contributed by atoms with Gasteiger partial charge in [-0.1, -0.05) is 67.8 Å². The number of nitrogens with zero attached hydrogens (tertiary/aromatic N) is 2. The highest BCUT2D eigenvalue weighted by molar-refractivity contribution is 6.03. The van der Waals surface area contributed by atoms with Crippen molar-refractivity contribution >= 4 is 23.1 Å². The van der Waals surface area contributed by atoms with Gasteiger partial charge in [-0.15, -0.1) is 0 Å². The zero-order valence-corrected chi connectivity index (χ0v) is 27.3. The van der Waals surface area contributed by atoms with E-state index in [0.717, 1.165) is 45.1 Å². The molecule has 0 unspecified atom stereocenters. The first-order valence-electron chi connectivity index (χ1n) is 16.0. The lowest BCUT2D eigenvalue weighted by Gasteiger charge is -2.27. The van der Waals surface area contributed by atoms with Gasteiger partial charge in [-0.25, -0.2) is 0 Å². The smallest absolute Gasteiger partial charge is 0.303 e. The van der Waals surface area contributed by atoms with Gasteiger partial charge in [-0.3, -0.25) is 4.79 Å². The molecule has 0 atom stereocenters. The number of rotatable bonds is 9. The van der Waals surface area contributed by atoms with Crippen molar-refractivity contribution in [3.8, 4) is 0 Å². The number of fused-ring (bicyclic) bond motifs is 2. The van der Waals surface area contributed by atoms with E-state index in [0.29, 0.717) is 0 Å². The van der Waals surface area contributed by atoms with Crippen LogP contribution in [0.1, 0.15) is 94.9 Å². The van der Waals surface area contributed by atoms with Crippen LogP contribution in [0.5, 0.6) is 0 Å². The maximum absolute atomic E-state index is 11.0. The van der Waals surface area contributed by atoms with E-state index in [9.17, 15) is 4.79 Å². The van der Waals surface area contributed by atoms with Crippen LogP contribution >= 0.6 is 0 Å². The highest BCUT2D eigenvalue weighted by Gasteiger charge is 2.43. The van der Waals surface area contributed by atoms with Crippen LogP contribution in [-0.2, 0) is 15.6 Å². The molecular formula is C39H49N2O2+. The zero-order valence-electron chi connectivity index (χ0n) is 27.3. The van der Waals surface area contributed by atoms with E-state index in [1.165, 1.54) is 56.2 Å². The Hall–Kier alpha value is -3.66. The van der Waals surface area contributed by atoms with Gasteiger partial charge < -0.3 is 10.0 Å². The van der Waals surface area contributed by atoms with Crippen molar-refractivity contribution in [3.63, 3.8) is 0 Å². The van der Waals surface area contributed by atoms with Crippen LogP contribution in [0.3, 0.4) is 0 Å². The summed E-state index contributed by atoms with van der Waals surface area (Å²) in [6, 6.07) is 13.6. The number of unbranched alkanes of at least 4 members (excludes halogenated alkanes) is 2. The van der Waals surface area contributed by atoms with Gasteiger partial charge in [0.05, 0.1) is 5.41 Å². The van der Waals surface area contributed by atoms with Crippen LogP contribution in [0.2, 0.25) is 0 Å². The van der Waals surface area contributed by atoms with E-state index in [1.54, 1.807) is 0 Å². The average molecular weight is 578 g/mol. The topological polar surface area (TPSA) is 43.5 Å². The number of carbonyl (C=O) groups is 1. The largest absolute Gasteiger partial charge is 0.481 e. The van der Waals surface area contributed by atoms with E-state index in [1.807, 2.05) is 0 Å². The fourth-order valence-electron chi connectivity index (χ4n) is 7.22. The third-order valence-corrected chi connectivity index (χ3v) is 9.72. The minimum absolute atomic E-state index is 0.0244. The summed E-state index contributed by atoms with van der Waals surface area (Å²) in [5.41, 5.74) is 13.3. The number of aliphatic carboxylic acids is 1. The normalized spacial score (nSPS) is 20.7. The first-order valence-corrected chi connectivity index (χ1v) is 16.0. The Balaban J connectivity index is 1.39. The van der Waals surface area contributed by atoms with Gasteiger partial charge >= 0.3 is 5.97 Å². The molecule has 4 heteroatoms. The Labute approximate surface area is 258 Å². The van der Waals surface area contributed by atoms with Crippen molar-refractivity contribution in [2.24, 2.45) is 0 Å². The van der Waals surface area contributed by atoms with Gasteiger partial charge in [-0.2, -0.15) is 4.58 Å². The van der Waals surface area contributed by atoms with E-state index in [2.05, 4.69) is 125 Å². The predicted molar refractivity (Wildman–Crippen MR) is 180 cm³/mol. The summed E-state index contributed by atoms with van der Waals surface area (Å²) < 4.78 is 2.35. The standard InChI is InChI=1S/C39H48N2O2/c1-27-15-19-33-31(24-27)38(3,4)35(40(33)7)21-17-29-12-11-13-30(26-29)18-22-36-39(5,6)32-25-28(2)16-20-34(32)41(36)23-10-8-9-14-37(42)43/h15-22,24-26H,8-14,23H2,1-7H3/p+1. The quantitative estimate of drug-likeness (QED) is 0.239. The Morgan fingerprint density at radius 3 is 2.37 bits per heavy atom. The van der Waals surface area contributed by atoms with Crippen LogP contribution in [0.25, 0.3) is 0 Å². The molecule has 43 heavy (non-hydrogen) atoms. The van der Waals surface area contributed by atoms with Crippen molar-refractivity contribution in [1.29, 1.82) is 0 Å². The summed E-state index contributed by atoms with van der Waals surface area (Å²) in [5, 5.41) is 9.03. The molecule has 3 aliphatic rings. The number of aryl methyl sites for hydroxylation is 2. The molecule has 226 valence electrons. The van der Waals surface area contributed by atoms with Crippen LogP contribution in [0.4, 0.5) is 11.4 Å². The number of benzene rings is 2. The number of hydrogen-bond acceptors (Lipinski definition) is 2. The van der Waals surface area contributed by atoms with Crippen LogP contribution in [0, 0.1) is 13.8 Å². The first-order chi connectivity index (χ1) is 20.4. The molecule has 2 aromatic carbocycles. The van der Waals surface area contributed by atoms with E-state index in [4.69, 9.17) is 5.11 Å². The van der Waals surface area contributed by atoms with Crippen LogP contribution < -0.4 is 4.90 Å². The molecule has 0 radical (unpaired) electrons. The third-order valence-electron chi connectivity index (χ3n) is 9.72. The number of carboxylic acid groups (broad SMARTS) is 1. The summed E-state index contributed by atoms with van der Waals surface area (Å²) in [4.78, 5) is 13.5. The van der Waals surface area contributed by atoms with Crippen molar-refractivity contribution in [1.82, 2.24) is 0 Å². The average Bonchev–Trinajstić information content (AvgIpc) is 3.27. The van der Waals surface area contributed by atoms with Crippen LogP contribution in [0.15, 0.2) is 83.6 Å². The number of allylic oxidation sites excluding steroid dienone is 8. The molecule has 0 spiro atoms. The molecule has 1 aliphatic carbocycles.